The van der Waals surface area contributed by atoms with Gasteiger partial charge in [0.05, 0.1) is 4.90 Å². The highest BCUT2D eigenvalue weighted by molar-refractivity contribution is 7.90. The zero-order chi connectivity index (χ0) is 14.8. The zero-order valence-corrected chi connectivity index (χ0v) is 12.9. The van der Waals surface area contributed by atoms with E-state index in [1.807, 2.05) is 13.0 Å². The van der Waals surface area contributed by atoms with Gasteiger partial charge in [0.1, 0.15) is 0 Å². The number of aliphatic hydroxyl groups is 1. The van der Waals surface area contributed by atoms with Crippen molar-refractivity contribution in [2.75, 3.05) is 26.0 Å². The number of hydrogen-bond donors (Lipinski definition) is 1. The van der Waals surface area contributed by atoms with Gasteiger partial charge in [-0.05, 0) is 49.5 Å². The third kappa shape index (κ3) is 3.40. The number of rotatable bonds is 5. The maximum atomic E-state index is 11.7. The SMILES string of the molecule is CC(CO)C(c1cccc(S(C)(=O)=O)c1)N1CCCC1. The number of aliphatic hydroxyl groups excluding tert-OH is 1. The van der Waals surface area contributed by atoms with E-state index in [2.05, 4.69) is 4.90 Å². The van der Waals surface area contributed by atoms with Gasteiger partial charge < -0.3 is 5.11 Å². The van der Waals surface area contributed by atoms with Gasteiger partial charge in [-0.3, -0.25) is 4.90 Å². The highest BCUT2D eigenvalue weighted by atomic mass is 32.2. The fraction of sp³-hybridized carbons (Fsp3) is 0.600. The van der Waals surface area contributed by atoms with Crippen LogP contribution in [0, 0.1) is 5.92 Å². The molecule has 1 aliphatic rings. The predicted octanol–water partition coefficient (Wildman–Crippen LogP) is 1.86. The number of nitrogens with zero attached hydrogens (tertiary/aromatic N) is 1. The highest BCUT2D eigenvalue weighted by Crippen LogP contribution is 2.32. The Balaban J connectivity index is 2.38. The monoisotopic (exact) mass is 297 g/mol. The summed E-state index contributed by atoms with van der Waals surface area (Å²) in [6.45, 7) is 4.14. The van der Waals surface area contributed by atoms with Crippen molar-refractivity contribution >= 4 is 9.84 Å². The van der Waals surface area contributed by atoms with E-state index in [0.29, 0.717) is 4.90 Å². The Morgan fingerprint density at radius 1 is 1.30 bits per heavy atom. The van der Waals surface area contributed by atoms with E-state index in [1.54, 1.807) is 18.2 Å². The molecular formula is C15H23NO3S. The van der Waals surface area contributed by atoms with Crippen molar-refractivity contribution in [3.63, 3.8) is 0 Å². The lowest BCUT2D eigenvalue weighted by molar-refractivity contribution is 0.126. The lowest BCUT2D eigenvalue weighted by Crippen LogP contribution is -2.32. The second kappa shape index (κ2) is 6.24. The molecule has 1 aromatic carbocycles. The van der Waals surface area contributed by atoms with Crippen LogP contribution in [-0.2, 0) is 9.84 Å². The van der Waals surface area contributed by atoms with Crippen LogP contribution in [0.3, 0.4) is 0 Å². The largest absolute Gasteiger partial charge is 0.396 e. The molecule has 0 aromatic heterocycles. The number of likely N-dealkylation sites (tertiary alicyclic amines) is 1. The van der Waals surface area contributed by atoms with Crippen LogP contribution in [0.5, 0.6) is 0 Å². The molecule has 112 valence electrons. The van der Waals surface area contributed by atoms with Gasteiger partial charge in [0.2, 0.25) is 0 Å². The van der Waals surface area contributed by atoms with Crippen molar-refractivity contribution in [3.8, 4) is 0 Å². The zero-order valence-electron chi connectivity index (χ0n) is 12.1. The summed E-state index contributed by atoms with van der Waals surface area (Å²) in [7, 11) is -3.20. The first kappa shape index (κ1) is 15.5. The molecule has 2 atom stereocenters. The third-order valence-corrected chi connectivity index (χ3v) is 5.10. The maximum Gasteiger partial charge on any atom is 0.175 e. The van der Waals surface area contributed by atoms with E-state index >= 15 is 0 Å². The van der Waals surface area contributed by atoms with Gasteiger partial charge in [-0.1, -0.05) is 19.1 Å². The average molecular weight is 297 g/mol. The molecule has 2 unspecified atom stereocenters. The van der Waals surface area contributed by atoms with Crippen LogP contribution in [0.4, 0.5) is 0 Å². The van der Waals surface area contributed by atoms with Crippen LogP contribution in [-0.4, -0.2) is 44.4 Å². The van der Waals surface area contributed by atoms with Crippen LogP contribution in [0.1, 0.15) is 31.4 Å². The average Bonchev–Trinajstić information content (AvgIpc) is 2.92. The summed E-state index contributed by atoms with van der Waals surface area (Å²) in [6.07, 6.45) is 3.56. The number of hydrogen-bond acceptors (Lipinski definition) is 4. The second-order valence-electron chi connectivity index (χ2n) is 5.69. The number of sulfone groups is 1. The van der Waals surface area contributed by atoms with Crippen molar-refractivity contribution in [2.45, 2.75) is 30.7 Å². The fourth-order valence-electron chi connectivity index (χ4n) is 2.95. The van der Waals surface area contributed by atoms with Crippen LogP contribution >= 0.6 is 0 Å². The van der Waals surface area contributed by atoms with Gasteiger partial charge >= 0.3 is 0 Å². The summed E-state index contributed by atoms with van der Waals surface area (Å²) in [6, 6.07) is 7.22. The lowest BCUT2D eigenvalue weighted by Gasteiger charge is -2.32. The highest BCUT2D eigenvalue weighted by Gasteiger charge is 2.28. The van der Waals surface area contributed by atoms with Gasteiger partial charge in [0.15, 0.2) is 9.84 Å². The van der Waals surface area contributed by atoms with E-state index in [1.165, 1.54) is 19.1 Å². The molecule has 5 heteroatoms. The molecule has 1 heterocycles. The first-order chi connectivity index (χ1) is 9.43. The van der Waals surface area contributed by atoms with Crippen LogP contribution in [0.2, 0.25) is 0 Å². The summed E-state index contributed by atoms with van der Waals surface area (Å²) in [5.74, 6) is 0.0860. The van der Waals surface area contributed by atoms with Crippen LogP contribution < -0.4 is 0 Å². The van der Waals surface area contributed by atoms with Crippen LogP contribution in [0.25, 0.3) is 0 Å². The molecule has 0 spiro atoms. The van der Waals surface area contributed by atoms with Gasteiger partial charge in [-0.2, -0.15) is 0 Å². The molecule has 1 fully saturated rings. The van der Waals surface area contributed by atoms with Gasteiger partial charge in [-0.15, -0.1) is 0 Å². The first-order valence-electron chi connectivity index (χ1n) is 7.08. The summed E-state index contributed by atoms with van der Waals surface area (Å²) in [4.78, 5) is 2.70. The summed E-state index contributed by atoms with van der Waals surface area (Å²) in [5.41, 5.74) is 0.983. The standard InChI is InChI=1S/C15H23NO3S/c1-12(11-17)15(16-8-3-4-9-16)13-6-5-7-14(10-13)20(2,18)19/h5-7,10,12,15,17H,3-4,8-9,11H2,1-2H3. The Labute approximate surface area is 121 Å². The molecule has 1 aromatic rings. The van der Waals surface area contributed by atoms with Gasteiger partial charge in [0.25, 0.3) is 0 Å². The van der Waals surface area contributed by atoms with Crippen molar-refractivity contribution in [1.29, 1.82) is 0 Å². The maximum absolute atomic E-state index is 11.7. The van der Waals surface area contributed by atoms with E-state index < -0.39 is 9.84 Å². The van der Waals surface area contributed by atoms with Crippen molar-refractivity contribution in [3.05, 3.63) is 29.8 Å². The molecule has 1 saturated heterocycles. The Morgan fingerprint density at radius 3 is 2.50 bits per heavy atom. The molecule has 0 aliphatic carbocycles. The summed E-state index contributed by atoms with van der Waals surface area (Å²) < 4.78 is 23.4. The third-order valence-electron chi connectivity index (χ3n) is 3.99. The normalized spacial score (nSPS) is 19.9. The molecule has 0 bridgehead atoms. The lowest BCUT2D eigenvalue weighted by atomic mass is 9.94. The minimum Gasteiger partial charge on any atom is -0.396 e. The Hall–Kier alpha value is -0.910. The topological polar surface area (TPSA) is 57.6 Å². The molecule has 0 saturated carbocycles. The van der Waals surface area contributed by atoms with Gasteiger partial charge in [-0.25, -0.2) is 8.42 Å². The number of benzene rings is 1. The molecule has 0 amide bonds. The molecule has 20 heavy (non-hydrogen) atoms. The Bertz CT molecular complexity index is 550. The van der Waals surface area contributed by atoms with Gasteiger partial charge in [0, 0.05) is 18.9 Å². The molecular weight excluding hydrogens is 274 g/mol. The molecule has 1 aliphatic heterocycles. The van der Waals surface area contributed by atoms with Crippen molar-refractivity contribution < 1.29 is 13.5 Å². The quantitative estimate of drug-likeness (QED) is 0.901. The Morgan fingerprint density at radius 2 is 1.95 bits per heavy atom. The van der Waals surface area contributed by atoms with Crippen LogP contribution in [0.15, 0.2) is 29.2 Å². The van der Waals surface area contributed by atoms with Crippen molar-refractivity contribution in [2.24, 2.45) is 5.92 Å². The minimum absolute atomic E-state index is 0.0860. The second-order valence-corrected chi connectivity index (χ2v) is 7.71. The molecule has 0 radical (unpaired) electrons. The first-order valence-corrected chi connectivity index (χ1v) is 8.97. The van der Waals surface area contributed by atoms with E-state index in [4.69, 9.17) is 0 Å². The predicted molar refractivity (Wildman–Crippen MR) is 79.3 cm³/mol. The molecule has 1 N–H and O–H groups in total. The van der Waals surface area contributed by atoms with Crippen molar-refractivity contribution in [1.82, 2.24) is 4.90 Å². The Kier molecular flexibility index (Phi) is 4.83. The summed E-state index contributed by atoms with van der Waals surface area (Å²) >= 11 is 0. The molecule has 4 nitrogen and oxygen atoms in total. The minimum atomic E-state index is -3.20. The van der Waals surface area contributed by atoms with E-state index in [-0.39, 0.29) is 18.6 Å². The molecule has 2 rings (SSSR count). The summed E-state index contributed by atoms with van der Waals surface area (Å²) in [5, 5.41) is 9.51. The van der Waals surface area contributed by atoms with E-state index in [9.17, 15) is 13.5 Å². The van der Waals surface area contributed by atoms with E-state index in [0.717, 1.165) is 18.7 Å². The smallest absolute Gasteiger partial charge is 0.175 e. The fourth-order valence-corrected chi connectivity index (χ4v) is 3.62.